The summed E-state index contributed by atoms with van der Waals surface area (Å²) in [6.45, 7) is 12.1. The Labute approximate surface area is 94.4 Å². The maximum atomic E-state index is 3.70. The Balaban J connectivity index is 4.14. The van der Waals surface area contributed by atoms with Gasteiger partial charge in [0, 0.05) is 0 Å². The van der Waals surface area contributed by atoms with Gasteiger partial charge in [0.2, 0.25) is 0 Å². The number of hydrogen-bond donors (Lipinski definition) is 0. The van der Waals surface area contributed by atoms with E-state index in [1.165, 1.54) is 11.1 Å². The predicted molar refractivity (Wildman–Crippen MR) is 70.8 cm³/mol. The van der Waals surface area contributed by atoms with E-state index in [9.17, 15) is 0 Å². The molecular formula is C15H22. The highest BCUT2D eigenvalue weighted by Crippen LogP contribution is 2.02. The van der Waals surface area contributed by atoms with Crippen LogP contribution in [-0.2, 0) is 0 Å². The highest BCUT2D eigenvalue weighted by atomic mass is 13.9. The SMILES string of the molecule is C=C/C(C)=C/C=C/[C@H](C)/C=C\C=C(C)C. The van der Waals surface area contributed by atoms with Crippen molar-refractivity contribution in [1.29, 1.82) is 0 Å². The van der Waals surface area contributed by atoms with Crippen molar-refractivity contribution in [2.75, 3.05) is 0 Å². The van der Waals surface area contributed by atoms with Crippen molar-refractivity contribution in [2.45, 2.75) is 27.7 Å². The van der Waals surface area contributed by atoms with Crippen LogP contribution in [0.15, 0.2) is 60.3 Å². The molecule has 0 bridgehead atoms. The molecule has 0 heteroatoms. The summed E-state index contributed by atoms with van der Waals surface area (Å²) in [4.78, 5) is 0. The van der Waals surface area contributed by atoms with Crippen LogP contribution >= 0.6 is 0 Å². The smallest absolute Gasteiger partial charge is 0.00756 e. The number of allylic oxidation sites excluding steroid dienone is 9. The predicted octanol–water partition coefficient (Wildman–Crippen LogP) is 4.83. The molecular weight excluding hydrogens is 180 g/mol. The molecule has 0 N–H and O–H groups in total. The zero-order valence-electron chi connectivity index (χ0n) is 10.3. The molecule has 0 unspecified atom stereocenters. The molecule has 0 rings (SSSR count). The minimum Gasteiger partial charge on any atom is -0.0988 e. The van der Waals surface area contributed by atoms with Gasteiger partial charge in [0.15, 0.2) is 0 Å². The Bertz CT molecular complexity index is 294. The van der Waals surface area contributed by atoms with Gasteiger partial charge in [-0.2, -0.15) is 0 Å². The molecule has 15 heavy (non-hydrogen) atoms. The largest absolute Gasteiger partial charge is 0.0988 e. The molecule has 0 aliphatic carbocycles. The van der Waals surface area contributed by atoms with Crippen molar-refractivity contribution < 1.29 is 0 Å². The lowest BCUT2D eigenvalue weighted by Crippen LogP contribution is -1.80. The number of hydrogen-bond acceptors (Lipinski definition) is 0. The molecule has 0 aliphatic rings. The molecule has 0 heterocycles. The third kappa shape index (κ3) is 9.01. The summed E-state index contributed by atoms with van der Waals surface area (Å²) in [6.07, 6.45) is 14.6. The molecule has 0 radical (unpaired) electrons. The zero-order valence-corrected chi connectivity index (χ0v) is 10.3. The lowest BCUT2D eigenvalue weighted by Gasteiger charge is -1.95. The van der Waals surface area contributed by atoms with Crippen LogP contribution < -0.4 is 0 Å². The first-order valence-electron chi connectivity index (χ1n) is 5.35. The van der Waals surface area contributed by atoms with Crippen LogP contribution in [0, 0.1) is 5.92 Å². The molecule has 0 saturated carbocycles. The van der Waals surface area contributed by atoms with E-state index >= 15 is 0 Å². The van der Waals surface area contributed by atoms with Gasteiger partial charge in [0.05, 0.1) is 0 Å². The first-order chi connectivity index (χ1) is 7.06. The molecule has 0 saturated heterocycles. The van der Waals surface area contributed by atoms with E-state index in [4.69, 9.17) is 0 Å². The Kier molecular flexibility index (Phi) is 7.35. The van der Waals surface area contributed by atoms with Gasteiger partial charge in [0.25, 0.3) is 0 Å². The van der Waals surface area contributed by atoms with E-state index < -0.39 is 0 Å². The highest BCUT2D eigenvalue weighted by molar-refractivity contribution is 5.21. The standard InChI is InChI=1S/C15H22/c1-6-14(4)10-8-12-15(5)11-7-9-13(2)3/h6-12,15H,1H2,2-5H3/b11-7-,12-8+,14-10+/t15-/m1/s1. The van der Waals surface area contributed by atoms with Crippen molar-refractivity contribution in [3.63, 3.8) is 0 Å². The quantitative estimate of drug-likeness (QED) is 0.560. The van der Waals surface area contributed by atoms with Crippen molar-refractivity contribution in [3.8, 4) is 0 Å². The van der Waals surface area contributed by atoms with Gasteiger partial charge in [0.1, 0.15) is 0 Å². The minimum absolute atomic E-state index is 0.467. The van der Waals surface area contributed by atoms with Crippen molar-refractivity contribution in [1.82, 2.24) is 0 Å². The van der Waals surface area contributed by atoms with Crippen LogP contribution in [-0.4, -0.2) is 0 Å². The summed E-state index contributed by atoms with van der Waals surface area (Å²) in [6, 6.07) is 0. The molecule has 0 aromatic rings. The van der Waals surface area contributed by atoms with E-state index in [0.29, 0.717) is 5.92 Å². The first-order valence-corrected chi connectivity index (χ1v) is 5.35. The third-order valence-corrected chi connectivity index (χ3v) is 1.94. The molecule has 0 aromatic carbocycles. The van der Waals surface area contributed by atoms with Gasteiger partial charge in [-0.3, -0.25) is 0 Å². The second kappa shape index (κ2) is 8.05. The first kappa shape index (κ1) is 13.7. The average Bonchev–Trinajstić information content (AvgIpc) is 2.17. The van der Waals surface area contributed by atoms with E-state index in [1.807, 2.05) is 13.0 Å². The van der Waals surface area contributed by atoms with Crippen LogP contribution in [0.5, 0.6) is 0 Å². The molecule has 0 aromatic heterocycles. The maximum Gasteiger partial charge on any atom is -0.00756 e. The minimum atomic E-state index is 0.467. The summed E-state index contributed by atoms with van der Waals surface area (Å²) in [5.41, 5.74) is 2.51. The molecule has 0 amide bonds. The molecule has 0 fully saturated rings. The lowest BCUT2D eigenvalue weighted by atomic mass is 10.1. The molecule has 82 valence electrons. The van der Waals surface area contributed by atoms with Crippen LogP contribution in [0.3, 0.4) is 0 Å². The van der Waals surface area contributed by atoms with Gasteiger partial charge in [-0.25, -0.2) is 0 Å². The van der Waals surface area contributed by atoms with Gasteiger partial charge in [-0.15, -0.1) is 0 Å². The lowest BCUT2D eigenvalue weighted by molar-refractivity contribution is 0.940. The summed E-state index contributed by atoms with van der Waals surface area (Å²) in [7, 11) is 0. The Morgan fingerprint density at radius 2 is 1.53 bits per heavy atom. The molecule has 0 aliphatic heterocycles. The van der Waals surface area contributed by atoms with E-state index in [1.54, 1.807) is 0 Å². The highest BCUT2D eigenvalue weighted by Gasteiger charge is 1.86. The number of rotatable bonds is 5. The van der Waals surface area contributed by atoms with Gasteiger partial charge < -0.3 is 0 Å². The van der Waals surface area contributed by atoms with E-state index in [0.717, 1.165) is 0 Å². The second-order valence-electron chi connectivity index (χ2n) is 3.99. The Hall–Kier alpha value is -1.30. The van der Waals surface area contributed by atoms with Crippen LogP contribution in [0.2, 0.25) is 0 Å². The van der Waals surface area contributed by atoms with Crippen LogP contribution in [0.4, 0.5) is 0 Å². The fourth-order valence-electron chi connectivity index (χ4n) is 0.938. The molecule has 1 atom stereocenters. The maximum absolute atomic E-state index is 3.70. The molecule has 0 spiro atoms. The monoisotopic (exact) mass is 202 g/mol. The van der Waals surface area contributed by atoms with Gasteiger partial charge >= 0.3 is 0 Å². The van der Waals surface area contributed by atoms with Gasteiger partial charge in [-0.1, -0.05) is 67.2 Å². The summed E-state index contributed by atoms with van der Waals surface area (Å²) < 4.78 is 0. The Morgan fingerprint density at radius 1 is 1.00 bits per heavy atom. The van der Waals surface area contributed by atoms with Crippen LogP contribution in [0.25, 0.3) is 0 Å². The average molecular weight is 202 g/mol. The van der Waals surface area contributed by atoms with E-state index in [2.05, 4.69) is 63.8 Å². The summed E-state index contributed by atoms with van der Waals surface area (Å²) >= 11 is 0. The van der Waals surface area contributed by atoms with Crippen molar-refractivity contribution in [3.05, 3.63) is 60.3 Å². The second-order valence-corrected chi connectivity index (χ2v) is 3.99. The normalized spacial score (nSPS) is 14.5. The fourth-order valence-corrected chi connectivity index (χ4v) is 0.938. The topological polar surface area (TPSA) is 0 Å². The Morgan fingerprint density at radius 3 is 2.00 bits per heavy atom. The summed E-state index contributed by atoms with van der Waals surface area (Å²) in [5, 5.41) is 0. The zero-order chi connectivity index (χ0) is 11.7. The summed E-state index contributed by atoms with van der Waals surface area (Å²) in [5.74, 6) is 0.467. The van der Waals surface area contributed by atoms with Crippen molar-refractivity contribution >= 4 is 0 Å². The van der Waals surface area contributed by atoms with E-state index in [-0.39, 0.29) is 0 Å². The fraction of sp³-hybridized carbons (Fsp3) is 0.333. The third-order valence-electron chi connectivity index (χ3n) is 1.94. The van der Waals surface area contributed by atoms with Gasteiger partial charge in [-0.05, 0) is 26.7 Å². The van der Waals surface area contributed by atoms with Crippen molar-refractivity contribution in [2.24, 2.45) is 5.92 Å². The molecule has 0 nitrogen and oxygen atoms in total. The van der Waals surface area contributed by atoms with Crippen LogP contribution in [0.1, 0.15) is 27.7 Å².